The third-order valence-corrected chi connectivity index (χ3v) is 6.46. The number of halogens is 2. The van der Waals surface area contributed by atoms with Gasteiger partial charge in [-0.3, -0.25) is 4.90 Å². The number of benzene rings is 2. The topological polar surface area (TPSA) is 61.8 Å². The Morgan fingerprint density at radius 3 is 2.43 bits per heavy atom. The second kappa shape index (κ2) is 9.04. The number of carbonyl (C=O) groups is 1. The fraction of sp³-hybridized carbons (Fsp3) is 0.435. The first-order valence-corrected chi connectivity index (χ1v) is 10.8. The Morgan fingerprint density at radius 1 is 1.23 bits per heavy atom. The molecule has 2 N–H and O–H groups in total. The van der Waals surface area contributed by atoms with E-state index >= 15 is 0 Å². The van der Waals surface area contributed by atoms with Gasteiger partial charge in [0.05, 0.1) is 6.04 Å². The lowest BCUT2D eigenvalue weighted by Gasteiger charge is -2.46. The van der Waals surface area contributed by atoms with E-state index in [9.17, 15) is 4.79 Å². The van der Waals surface area contributed by atoms with Crippen LogP contribution >= 0.6 is 23.2 Å². The van der Waals surface area contributed by atoms with Crippen molar-refractivity contribution in [3.05, 3.63) is 62.6 Å². The standard InChI is InChI=1S/C23H28Cl2N2O3/c1-5-20(16-8-14(2)21(25)15(3)9-16)26-18-6-7-19(24)17(10-18)11-27-12-23(4,13-27)30-22(28)29/h6-10,20,26H,5,11-13H2,1-4H3,(H,28,29)/t20-/m1/s1. The molecule has 1 fully saturated rings. The van der Waals surface area contributed by atoms with Gasteiger partial charge >= 0.3 is 6.16 Å². The lowest BCUT2D eigenvalue weighted by molar-refractivity contribution is -0.107. The molecule has 1 aliphatic heterocycles. The summed E-state index contributed by atoms with van der Waals surface area (Å²) in [5, 5.41) is 14.0. The molecule has 0 amide bonds. The molecule has 0 radical (unpaired) electrons. The monoisotopic (exact) mass is 450 g/mol. The maximum absolute atomic E-state index is 10.8. The molecule has 0 saturated carbocycles. The number of nitrogens with zero attached hydrogens (tertiary/aromatic N) is 1. The molecule has 0 aromatic heterocycles. The zero-order chi connectivity index (χ0) is 22.1. The van der Waals surface area contributed by atoms with Gasteiger partial charge in [-0.25, -0.2) is 4.79 Å². The Morgan fingerprint density at radius 2 is 1.87 bits per heavy atom. The summed E-state index contributed by atoms with van der Waals surface area (Å²) in [6, 6.07) is 10.4. The quantitative estimate of drug-likeness (QED) is 0.474. The molecule has 2 aromatic carbocycles. The van der Waals surface area contributed by atoms with E-state index in [2.05, 4.69) is 35.3 Å². The van der Waals surface area contributed by atoms with Crippen LogP contribution in [0.3, 0.4) is 0 Å². The van der Waals surface area contributed by atoms with Crippen molar-refractivity contribution in [1.82, 2.24) is 4.90 Å². The molecule has 1 saturated heterocycles. The third-order valence-electron chi connectivity index (χ3n) is 5.50. The summed E-state index contributed by atoms with van der Waals surface area (Å²) < 4.78 is 4.96. The van der Waals surface area contributed by atoms with Gasteiger partial charge in [-0.2, -0.15) is 0 Å². The summed E-state index contributed by atoms with van der Waals surface area (Å²) >= 11 is 12.8. The van der Waals surface area contributed by atoms with E-state index in [1.807, 2.05) is 26.0 Å². The summed E-state index contributed by atoms with van der Waals surface area (Å²) in [4.78, 5) is 12.9. The van der Waals surface area contributed by atoms with Gasteiger partial charge in [-0.1, -0.05) is 42.3 Å². The molecule has 0 bridgehead atoms. The van der Waals surface area contributed by atoms with Gasteiger partial charge in [0.1, 0.15) is 5.60 Å². The van der Waals surface area contributed by atoms with Gasteiger partial charge in [0, 0.05) is 35.4 Å². The Labute approximate surface area is 187 Å². The number of likely N-dealkylation sites (tertiary alicyclic amines) is 1. The molecule has 0 aliphatic carbocycles. The van der Waals surface area contributed by atoms with Crippen LogP contribution < -0.4 is 5.32 Å². The van der Waals surface area contributed by atoms with Crippen LogP contribution in [0, 0.1) is 13.8 Å². The fourth-order valence-corrected chi connectivity index (χ4v) is 4.40. The molecule has 3 rings (SSSR count). The maximum atomic E-state index is 10.8. The molecular formula is C23H28Cl2N2O3. The van der Waals surface area contributed by atoms with Crippen LogP contribution in [0.5, 0.6) is 0 Å². The molecular weight excluding hydrogens is 423 g/mol. The molecule has 5 nitrogen and oxygen atoms in total. The Balaban J connectivity index is 1.71. The smallest absolute Gasteiger partial charge is 0.450 e. The summed E-state index contributed by atoms with van der Waals surface area (Å²) in [6.07, 6.45) is -0.310. The van der Waals surface area contributed by atoms with E-state index in [4.69, 9.17) is 33.0 Å². The van der Waals surface area contributed by atoms with E-state index in [1.54, 1.807) is 6.92 Å². The number of ether oxygens (including phenoxy) is 1. The van der Waals surface area contributed by atoms with Crippen LogP contribution in [0.1, 0.15) is 48.6 Å². The number of rotatable bonds is 7. The molecule has 1 atom stereocenters. The van der Waals surface area contributed by atoms with Crippen molar-refractivity contribution in [3.8, 4) is 0 Å². The van der Waals surface area contributed by atoms with Crippen LogP contribution in [0.25, 0.3) is 0 Å². The maximum Gasteiger partial charge on any atom is 0.506 e. The predicted octanol–water partition coefficient (Wildman–Crippen LogP) is 6.44. The zero-order valence-corrected chi connectivity index (χ0v) is 19.3. The zero-order valence-electron chi connectivity index (χ0n) is 17.8. The molecule has 2 aromatic rings. The fourth-order valence-electron chi connectivity index (χ4n) is 4.12. The van der Waals surface area contributed by atoms with Gasteiger partial charge in [0.2, 0.25) is 0 Å². The highest BCUT2D eigenvalue weighted by molar-refractivity contribution is 6.32. The summed E-state index contributed by atoms with van der Waals surface area (Å²) in [6.45, 7) is 9.75. The Hall–Kier alpha value is -1.95. The van der Waals surface area contributed by atoms with Gasteiger partial charge in [-0.05, 0) is 67.6 Å². The molecule has 0 unspecified atom stereocenters. The van der Waals surface area contributed by atoms with Crippen molar-refractivity contribution in [2.24, 2.45) is 0 Å². The molecule has 1 aliphatic rings. The summed E-state index contributed by atoms with van der Waals surface area (Å²) in [7, 11) is 0. The molecule has 162 valence electrons. The number of anilines is 1. The number of hydrogen-bond acceptors (Lipinski definition) is 4. The second-order valence-corrected chi connectivity index (χ2v) is 9.13. The number of aryl methyl sites for hydroxylation is 2. The van der Waals surface area contributed by atoms with Crippen LogP contribution in [-0.4, -0.2) is 34.9 Å². The minimum absolute atomic E-state index is 0.157. The van der Waals surface area contributed by atoms with Crippen LogP contribution in [0.4, 0.5) is 10.5 Å². The van der Waals surface area contributed by atoms with E-state index in [-0.39, 0.29) is 6.04 Å². The largest absolute Gasteiger partial charge is 0.506 e. The normalized spacial score (nSPS) is 16.6. The number of nitrogens with one attached hydrogen (secondary N) is 1. The Bertz CT molecular complexity index is 919. The van der Waals surface area contributed by atoms with Crippen molar-refractivity contribution < 1.29 is 14.6 Å². The first-order valence-electron chi connectivity index (χ1n) is 10.1. The van der Waals surface area contributed by atoms with Crippen molar-refractivity contribution in [2.75, 3.05) is 18.4 Å². The highest BCUT2D eigenvalue weighted by atomic mass is 35.5. The van der Waals surface area contributed by atoms with Gasteiger partial charge in [0.25, 0.3) is 0 Å². The highest BCUT2D eigenvalue weighted by Crippen LogP contribution is 2.32. The molecule has 0 spiro atoms. The third kappa shape index (κ3) is 5.20. The van der Waals surface area contributed by atoms with E-state index in [0.29, 0.717) is 24.7 Å². The Kier molecular flexibility index (Phi) is 6.85. The van der Waals surface area contributed by atoms with E-state index in [0.717, 1.165) is 33.8 Å². The lowest BCUT2D eigenvalue weighted by atomic mass is 9.95. The van der Waals surface area contributed by atoms with Crippen LogP contribution in [0.15, 0.2) is 30.3 Å². The van der Waals surface area contributed by atoms with Gasteiger partial charge in [0.15, 0.2) is 0 Å². The van der Waals surface area contributed by atoms with Gasteiger partial charge < -0.3 is 15.2 Å². The van der Waals surface area contributed by atoms with E-state index in [1.165, 1.54) is 5.56 Å². The number of hydrogen-bond donors (Lipinski definition) is 2. The van der Waals surface area contributed by atoms with Crippen molar-refractivity contribution >= 4 is 35.0 Å². The first kappa shape index (κ1) is 22.7. The summed E-state index contributed by atoms with van der Waals surface area (Å²) in [5.74, 6) is 0. The molecule has 1 heterocycles. The average molecular weight is 451 g/mol. The van der Waals surface area contributed by atoms with Gasteiger partial charge in [-0.15, -0.1) is 0 Å². The SMILES string of the molecule is CC[C@@H](Nc1ccc(Cl)c(CN2CC(C)(OC(=O)O)C2)c1)c1cc(C)c(Cl)c(C)c1. The van der Waals surface area contributed by atoms with Crippen molar-refractivity contribution in [3.63, 3.8) is 0 Å². The van der Waals surface area contributed by atoms with Crippen LogP contribution in [0.2, 0.25) is 10.0 Å². The average Bonchev–Trinajstić information content (AvgIpc) is 2.64. The van der Waals surface area contributed by atoms with E-state index < -0.39 is 11.8 Å². The minimum Gasteiger partial charge on any atom is -0.450 e. The lowest BCUT2D eigenvalue weighted by Crippen LogP contribution is -2.61. The van der Waals surface area contributed by atoms with Crippen molar-refractivity contribution in [1.29, 1.82) is 0 Å². The predicted molar refractivity (Wildman–Crippen MR) is 122 cm³/mol. The van der Waals surface area contributed by atoms with Crippen molar-refractivity contribution in [2.45, 2.75) is 52.3 Å². The second-order valence-electron chi connectivity index (χ2n) is 8.34. The molecule has 30 heavy (non-hydrogen) atoms. The summed E-state index contributed by atoms with van der Waals surface area (Å²) in [5.41, 5.74) is 4.71. The molecule has 7 heteroatoms. The highest BCUT2D eigenvalue weighted by Gasteiger charge is 2.42. The van der Waals surface area contributed by atoms with Crippen LogP contribution in [-0.2, 0) is 11.3 Å². The number of carboxylic acid groups (broad SMARTS) is 1. The first-order chi connectivity index (χ1) is 14.1. The minimum atomic E-state index is -1.24.